The molecule has 1 atom stereocenters. The van der Waals surface area contributed by atoms with Crippen LogP contribution in [-0.2, 0) is 0 Å². The Morgan fingerprint density at radius 1 is 1.03 bits per heavy atom. The zero-order valence-corrected chi connectivity index (χ0v) is 22.9. The lowest BCUT2D eigenvalue weighted by Crippen LogP contribution is -2.43. The van der Waals surface area contributed by atoms with Crippen LogP contribution in [0, 0.1) is 11.6 Å². The third kappa shape index (κ3) is 4.75. The van der Waals surface area contributed by atoms with E-state index in [1.807, 2.05) is 12.1 Å². The van der Waals surface area contributed by atoms with Crippen LogP contribution in [0.1, 0.15) is 76.8 Å². The van der Waals surface area contributed by atoms with E-state index in [2.05, 4.69) is 28.7 Å². The number of hydrogen-bond acceptors (Lipinski definition) is 5. The van der Waals surface area contributed by atoms with Gasteiger partial charge >= 0.3 is 6.01 Å². The summed E-state index contributed by atoms with van der Waals surface area (Å²) >= 11 is 0. The smallest absolute Gasteiger partial charge is 0.317 e. The lowest BCUT2D eigenvalue weighted by molar-refractivity contribution is 0.107. The summed E-state index contributed by atoms with van der Waals surface area (Å²) in [6.45, 7) is 7.03. The van der Waals surface area contributed by atoms with Crippen LogP contribution in [-0.4, -0.2) is 45.1 Å². The Labute approximate surface area is 228 Å². The van der Waals surface area contributed by atoms with Crippen molar-refractivity contribution in [3.8, 4) is 17.3 Å². The van der Waals surface area contributed by atoms with Gasteiger partial charge in [-0.05, 0) is 62.6 Å². The SMILES string of the molecule is CCCCCC(C)c1nc(OCC23CCCN2CCC3)nc2c(F)c(-c3cccc4cccc(F)c34)ncc12. The molecule has 0 N–H and O–H groups in total. The highest BCUT2D eigenvalue weighted by molar-refractivity contribution is 5.98. The van der Waals surface area contributed by atoms with Crippen LogP contribution in [0.4, 0.5) is 8.78 Å². The molecule has 0 spiro atoms. The van der Waals surface area contributed by atoms with Gasteiger partial charge in [-0.1, -0.05) is 63.4 Å². The summed E-state index contributed by atoms with van der Waals surface area (Å²) < 4.78 is 37.6. The first-order valence-electron chi connectivity index (χ1n) is 14.4. The molecule has 0 amide bonds. The Bertz CT molecular complexity index is 1490. The van der Waals surface area contributed by atoms with Crippen LogP contribution in [0.25, 0.3) is 32.9 Å². The van der Waals surface area contributed by atoms with Crippen molar-refractivity contribution < 1.29 is 13.5 Å². The number of pyridine rings is 1. The maximum Gasteiger partial charge on any atom is 0.317 e. The Morgan fingerprint density at radius 2 is 1.79 bits per heavy atom. The van der Waals surface area contributed by atoms with Gasteiger partial charge in [-0.2, -0.15) is 9.97 Å². The third-order valence-electron chi connectivity index (χ3n) is 8.79. The highest BCUT2D eigenvalue weighted by Crippen LogP contribution is 2.40. The van der Waals surface area contributed by atoms with Crippen LogP contribution in [0.2, 0.25) is 0 Å². The highest BCUT2D eigenvalue weighted by atomic mass is 19.1. The Morgan fingerprint density at radius 3 is 2.56 bits per heavy atom. The maximum atomic E-state index is 16.4. The van der Waals surface area contributed by atoms with Crippen molar-refractivity contribution >= 4 is 21.7 Å². The first-order valence-corrected chi connectivity index (χ1v) is 14.4. The number of halogens is 2. The van der Waals surface area contributed by atoms with E-state index in [-0.39, 0.29) is 28.7 Å². The van der Waals surface area contributed by atoms with Gasteiger partial charge in [0.1, 0.15) is 23.6 Å². The van der Waals surface area contributed by atoms with Crippen molar-refractivity contribution in [1.29, 1.82) is 0 Å². The van der Waals surface area contributed by atoms with Gasteiger partial charge in [0.15, 0.2) is 5.82 Å². The topological polar surface area (TPSA) is 51.1 Å². The molecule has 2 saturated heterocycles. The summed E-state index contributed by atoms with van der Waals surface area (Å²) in [4.78, 5) is 16.5. The van der Waals surface area contributed by atoms with E-state index in [4.69, 9.17) is 9.72 Å². The Balaban J connectivity index is 1.44. The summed E-state index contributed by atoms with van der Waals surface area (Å²) in [5.41, 5.74) is 1.48. The molecule has 2 aromatic heterocycles. The average Bonchev–Trinajstić information content (AvgIpc) is 3.53. The molecule has 0 saturated carbocycles. The predicted molar refractivity (Wildman–Crippen MR) is 151 cm³/mol. The molecule has 4 heterocycles. The lowest BCUT2D eigenvalue weighted by atomic mass is 9.95. The number of fused-ring (bicyclic) bond motifs is 3. The van der Waals surface area contributed by atoms with E-state index in [1.54, 1.807) is 24.4 Å². The molecule has 7 heteroatoms. The Kier molecular flexibility index (Phi) is 7.19. The van der Waals surface area contributed by atoms with E-state index in [0.29, 0.717) is 28.3 Å². The molecule has 6 rings (SSSR count). The minimum absolute atomic E-state index is 0.0354. The van der Waals surface area contributed by atoms with Crippen LogP contribution >= 0.6 is 0 Å². The van der Waals surface area contributed by atoms with E-state index in [9.17, 15) is 4.39 Å². The van der Waals surface area contributed by atoms with Crippen molar-refractivity contribution in [2.75, 3.05) is 19.7 Å². The number of nitrogens with zero attached hydrogens (tertiary/aromatic N) is 4. The highest BCUT2D eigenvalue weighted by Gasteiger charge is 2.45. The summed E-state index contributed by atoms with van der Waals surface area (Å²) in [6.07, 6.45) is 10.5. The second-order valence-corrected chi connectivity index (χ2v) is 11.3. The van der Waals surface area contributed by atoms with Crippen molar-refractivity contribution in [2.45, 2.75) is 76.7 Å². The normalized spacial score (nSPS) is 17.6. The largest absolute Gasteiger partial charge is 0.461 e. The van der Waals surface area contributed by atoms with Gasteiger partial charge in [0.2, 0.25) is 0 Å². The molecule has 204 valence electrons. The molecule has 4 aromatic rings. The van der Waals surface area contributed by atoms with Gasteiger partial charge in [0.25, 0.3) is 0 Å². The number of unbranched alkanes of at least 4 members (excludes halogenated alkanes) is 2. The number of benzene rings is 2. The molecular weight excluding hydrogens is 494 g/mol. The number of rotatable bonds is 9. The molecule has 0 aliphatic carbocycles. The van der Waals surface area contributed by atoms with Crippen LogP contribution in [0.3, 0.4) is 0 Å². The lowest BCUT2D eigenvalue weighted by Gasteiger charge is -2.31. The second-order valence-electron chi connectivity index (χ2n) is 11.3. The zero-order valence-electron chi connectivity index (χ0n) is 22.9. The molecule has 0 radical (unpaired) electrons. The van der Waals surface area contributed by atoms with Crippen LogP contribution < -0.4 is 4.74 Å². The van der Waals surface area contributed by atoms with Crippen LogP contribution in [0.15, 0.2) is 42.6 Å². The van der Waals surface area contributed by atoms with Crippen LogP contribution in [0.5, 0.6) is 6.01 Å². The van der Waals surface area contributed by atoms with Gasteiger partial charge in [0.05, 0.1) is 11.2 Å². The van der Waals surface area contributed by atoms with Crippen molar-refractivity contribution in [2.24, 2.45) is 0 Å². The summed E-state index contributed by atoms with van der Waals surface area (Å²) in [5.74, 6) is -0.878. The zero-order chi connectivity index (χ0) is 27.0. The second kappa shape index (κ2) is 10.8. The maximum absolute atomic E-state index is 16.4. The monoisotopic (exact) mass is 530 g/mol. The van der Waals surface area contributed by atoms with E-state index in [0.717, 1.165) is 57.3 Å². The molecule has 0 bridgehead atoms. The van der Waals surface area contributed by atoms with Crippen molar-refractivity contribution in [3.05, 3.63) is 59.9 Å². The summed E-state index contributed by atoms with van der Waals surface area (Å²) in [7, 11) is 0. The van der Waals surface area contributed by atoms with Gasteiger partial charge < -0.3 is 4.74 Å². The summed E-state index contributed by atoms with van der Waals surface area (Å²) in [5, 5.41) is 1.64. The summed E-state index contributed by atoms with van der Waals surface area (Å²) in [6, 6.07) is 10.4. The van der Waals surface area contributed by atoms with Gasteiger partial charge in [-0.15, -0.1) is 0 Å². The van der Waals surface area contributed by atoms with Gasteiger partial charge in [0, 0.05) is 22.5 Å². The van der Waals surface area contributed by atoms with Crippen molar-refractivity contribution in [3.63, 3.8) is 0 Å². The fourth-order valence-electron chi connectivity index (χ4n) is 6.68. The quantitative estimate of drug-likeness (QED) is 0.207. The predicted octanol–water partition coefficient (Wildman–Crippen LogP) is 7.81. The number of hydrogen-bond donors (Lipinski definition) is 0. The van der Waals surface area contributed by atoms with Gasteiger partial charge in [-0.25, -0.2) is 8.78 Å². The third-order valence-corrected chi connectivity index (χ3v) is 8.79. The molecular formula is C32H36F2N4O. The first-order chi connectivity index (χ1) is 19.0. The minimum Gasteiger partial charge on any atom is -0.461 e. The number of ether oxygens (including phenoxy) is 1. The first kappa shape index (κ1) is 26.1. The Hall–Kier alpha value is -3.19. The molecule has 5 nitrogen and oxygen atoms in total. The van der Waals surface area contributed by atoms with Crippen molar-refractivity contribution in [1.82, 2.24) is 19.9 Å². The molecule has 2 aliphatic heterocycles. The van der Waals surface area contributed by atoms with E-state index >= 15 is 4.39 Å². The fraction of sp³-hybridized carbons (Fsp3) is 0.469. The average molecular weight is 531 g/mol. The molecule has 39 heavy (non-hydrogen) atoms. The standard InChI is InChI=1S/C32H36F2N4O/c1-3-4-5-10-21(2)28-24-19-35-29(23-13-6-11-22-12-7-14-25(33)26(22)23)27(34)30(24)37-31(36-28)39-20-32-15-8-17-38(32)18-9-16-32/h6-7,11-14,19,21H,3-5,8-10,15-18,20H2,1-2H3. The molecule has 2 fully saturated rings. The van der Waals surface area contributed by atoms with E-state index in [1.165, 1.54) is 18.9 Å². The number of aromatic nitrogens is 3. The molecule has 1 unspecified atom stereocenters. The van der Waals surface area contributed by atoms with Gasteiger partial charge in [-0.3, -0.25) is 9.88 Å². The van der Waals surface area contributed by atoms with E-state index < -0.39 is 11.6 Å². The minimum atomic E-state index is -0.570. The molecule has 2 aliphatic rings. The molecule has 2 aromatic carbocycles. The fourth-order valence-corrected chi connectivity index (χ4v) is 6.68.